The van der Waals surface area contributed by atoms with E-state index < -0.39 is 9.84 Å². The van der Waals surface area contributed by atoms with Gasteiger partial charge in [-0.3, -0.25) is 4.79 Å². The number of carbonyl (C=O) groups excluding carboxylic acids is 1. The van der Waals surface area contributed by atoms with Gasteiger partial charge in [0.05, 0.1) is 23.1 Å². The largest absolute Gasteiger partial charge is 0.492 e. The van der Waals surface area contributed by atoms with Crippen LogP contribution >= 0.6 is 23.2 Å². The lowest BCUT2D eigenvalue weighted by Gasteiger charge is -2.10. The van der Waals surface area contributed by atoms with Gasteiger partial charge in [-0.05, 0) is 37.0 Å². The highest BCUT2D eigenvalue weighted by Gasteiger charge is 2.27. The van der Waals surface area contributed by atoms with Crippen LogP contribution < -0.4 is 10.1 Å². The van der Waals surface area contributed by atoms with Gasteiger partial charge in [0.2, 0.25) is 5.91 Å². The summed E-state index contributed by atoms with van der Waals surface area (Å²) in [5.74, 6) is 0.870. The molecule has 128 valence electrons. The molecule has 0 radical (unpaired) electrons. The lowest BCUT2D eigenvalue weighted by atomic mass is 10.1. The normalized spacial score (nSPS) is 19.5. The van der Waals surface area contributed by atoms with E-state index in [0.717, 1.165) is 0 Å². The second kappa shape index (κ2) is 8.22. The Morgan fingerprint density at radius 3 is 2.78 bits per heavy atom. The molecule has 0 bridgehead atoms. The molecule has 1 saturated heterocycles. The van der Waals surface area contributed by atoms with Crippen LogP contribution in [-0.4, -0.2) is 39.0 Å². The Hall–Kier alpha value is -0.980. The van der Waals surface area contributed by atoms with E-state index in [1.54, 1.807) is 18.2 Å². The smallest absolute Gasteiger partial charge is 0.220 e. The minimum atomic E-state index is -2.90. The summed E-state index contributed by atoms with van der Waals surface area (Å²) in [6, 6.07) is 4.97. The number of halogens is 2. The molecule has 2 rings (SSSR count). The van der Waals surface area contributed by atoms with Crippen LogP contribution in [0.15, 0.2) is 18.2 Å². The van der Waals surface area contributed by atoms with E-state index in [0.29, 0.717) is 48.2 Å². The number of nitrogens with one attached hydrogen (secondary N) is 1. The first kappa shape index (κ1) is 18.4. The zero-order chi connectivity index (χ0) is 16.9. The van der Waals surface area contributed by atoms with Gasteiger partial charge < -0.3 is 10.1 Å². The quantitative estimate of drug-likeness (QED) is 0.739. The van der Waals surface area contributed by atoms with Crippen LogP contribution in [0.4, 0.5) is 0 Å². The molecule has 1 aliphatic heterocycles. The van der Waals surface area contributed by atoms with Gasteiger partial charge in [0, 0.05) is 18.0 Å². The minimum absolute atomic E-state index is 0.0353. The van der Waals surface area contributed by atoms with Gasteiger partial charge >= 0.3 is 0 Å². The molecule has 23 heavy (non-hydrogen) atoms. The highest BCUT2D eigenvalue weighted by atomic mass is 35.5. The summed E-state index contributed by atoms with van der Waals surface area (Å²) < 4.78 is 28.2. The highest BCUT2D eigenvalue weighted by molar-refractivity contribution is 7.91. The van der Waals surface area contributed by atoms with Crippen LogP contribution in [0.3, 0.4) is 0 Å². The van der Waals surface area contributed by atoms with Crippen molar-refractivity contribution in [1.29, 1.82) is 0 Å². The molecule has 1 amide bonds. The highest BCUT2D eigenvalue weighted by Crippen LogP contribution is 2.27. The van der Waals surface area contributed by atoms with Crippen molar-refractivity contribution in [2.24, 2.45) is 5.92 Å². The van der Waals surface area contributed by atoms with Crippen molar-refractivity contribution < 1.29 is 17.9 Å². The number of hydrogen-bond acceptors (Lipinski definition) is 4. The fourth-order valence-electron chi connectivity index (χ4n) is 2.39. The van der Waals surface area contributed by atoms with Gasteiger partial charge in [0.25, 0.3) is 0 Å². The number of ether oxygens (including phenoxy) is 1. The van der Waals surface area contributed by atoms with Gasteiger partial charge in [-0.2, -0.15) is 0 Å². The first-order chi connectivity index (χ1) is 10.9. The van der Waals surface area contributed by atoms with Crippen molar-refractivity contribution >= 4 is 38.9 Å². The van der Waals surface area contributed by atoms with Crippen LogP contribution in [-0.2, 0) is 14.6 Å². The van der Waals surface area contributed by atoms with Gasteiger partial charge in [0.1, 0.15) is 5.75 Å². The molecule has 1 aromatic rings. The molecule has 1 N–H and O–H groups in total. The summed E-state index contributed by atoms with van der Waals surface area (Å²) in [6.45, 7) is 0.786. The van der Waals surface area contributed by atoms with Crippen molar-refractivity contribution in [1.82, 2.24) is 5.32 Å². The van der Waals surface area contributed by atoms with Crippen molar-refractivity contribution in [3.8, 4) is 5.75 Å². The van der Waals surface area contributed by atoms with Gasteiger partial charge in [-0.15, -0.1) is 0 Å². The van der Waals surface area contributed by atoms with E-state index in [1.807, 2.05) is 0 Å². The Balaban J connectivity index is 1.61. The molecular formula is C15H19Cl2NO4S. The van der Waals surface area contributed by atoms with Crippen LogP contribution in [0.25, 0.3) is 0 Å². The predicted octanol–water partition coefficient (Wildman–Crippen LogP) is 2.70. The molecule has 0 aromatic heterocycles. The summed E-state index contributed by atoms with van der Waals surface area (Å²) in [7, 11) is -2.90. The summed E-state index contributed by atoms with van der Waals surface area (Å²) in [4.78, 5) is 11.7. The molecule has 1 atom stereocenters. The molecular weight excluding hydrogens is 361 g/mol. The Morgan fingerprint density at radius 1 is 1.35 bits per heavy atom. The maximum absolute atomic E-state index is 11.7. The van der Waals surface area contributed by atoms with E-state index in [9.17, 15) is 13.2 Å². The molecule has 0 aliphatic carbocycles. The van der Waals surface area contributed by atoms with E-state index in [4.69, 9.17) is 27.9 Å². The van der Waals surface area contributed by atoms with E-state index >= 15 is 0 Å². The molecule has 8 heteroatoms. The van der Waals surface area contributed by atoms with Gasteiger partial charge in [-0.25, -0.2) is 8.42 Å². The Labute approximate surface area is 146 Å². The molecule has 1 heterocycles. The Kier molecular flexibility index (Phi) is 6.56. The van der Waals surface area contributed by atoms with Crippen LogP contribution in [0.1, 0.15) is 19.3 Å². The second-order valence-electron chi connectivity index (χ2n) is 5.60. The minimum Gasteiger partial charge on any atom is -0.492 e. The van der Waals surface area contributed by atoms with Gasteiger partial charge in [-0.1, -0.05) is 23.2 Å². The fourth-order valence-corrected chi connectivity index (χ4v) is 4.71. The maximum atomic E-state index is 11.7. The van der Waals surface area contributed by atoms with E-state index in [2.05, 4.69) is 5.32 Å². The predicted molar refractivity (Wildman–Crippen MR) is 91.0 cm³/mol. The average Bonchev–Trinajstić information content (AvgIpc) is 2.82. The number of benzene rings is 1. The first-order valence-corrected chi connectivity index (χ1v) is 9.98. The Morgan fingerprint density at radius 2 is 2.13 bits per heavy atom. The number of carbonyl (C=O) groups is 1. The first-order valence-electron chi connectivity index (χ1n) is 7.41. The summed E-state index contributed by atoms with van der Waals surface area (Å²) in [6.07, 6.45) is 1.50. The monoisotopic (exact) mass is 379 g/mol. The summed E-state index contributed by atoms with van der Waals surface area (Å²) in [5.41, 5.74) is 0. The molecule has 1 fully saturated rings. The Bertz CT molecular complexity index is 663. The number of amides is 1. The third-order valence-corrected chi connectivity index (χ3v) is 5.98. The van der Waals surface area contributed by atoms with Crippen LogP contribution in [0.2, 0.25) is 10.0 Å². The zero-order valence-electron chi connectivity index (χ0n) is 12.6. The SMILES string of the molecule is O=C(CCCOc1ccc(Cl)cc1Cl)NCC1CCS(=O)(=O)C1. The van der Waals surface area contributed by atoms with Crippen LogP contribution in [0, 0.1) is 5.92 Å². The fraction of sp³-hybridized carbons (Fsp3) is 0.533. The number of hydrogen-bond donors (Lipinski definition) is 1. The number of sulfone groups is 1. The zero-order valence-corrected chi connectivity index (χ0v) is 14.9. The van der Waals surface area contributed by atoms with E-state index in [1.165, 1.54) is 0 Å². The maximum Gasteiger partial charge on any atom is 0.220 e. The van der Waals surface area contributed by atoms with Crippen molar-refractivity contribution in [2.45, 2.75) is 19.3 Å². The van der Waals surface area contributed by atoms with Crippen molar-refractivity contribution in [3.05, 3.63) is 28.2 Å². The summed E-state index contributed by atoms with van der Waals surface area (Å²) >= 11 is 11.8. The molecule has 0 spiro atoms. The topological polar surface area (TPSA) is 72.5 Å². The molecule has 1 unspecified atom stereocenters. The lowest BCUT2D eigenvalue weighted by molar-refractivity contribution is -0.121. The molecule has 5 nitrogen and oxygen atoms in total. The van der Waals surface area contributed by atoms with Crippen molar-refractivity contribution in [3.63, 3.8) is 0 Å². The molecule has 1 aliphatic rings. The van der Waals surface area contributed by atoms with Crippen LogP contribution in [0.5, 0.6) is 5.75 Å². The lowest BCUT2D eigenvalue weighted by Crippen LogP contribution is -2.29. The second-order valence-corrected chi connectivity index (χ2v) is 8.67. The average molecular weight is 380 g/mol. The van der Waals surface area contributed by atoms with E-state index in [-0.39, 0.29) is 23.3 Å². The summed E-state index contributed by atoms with van der Waals surface area (Å²) in [5, 5.41) is 3.75. The third-order valence-electron chi connectivity index (χ3n) is 3.61. The standard InChI is InChI=1S/C15H19Cl2NO4S/c16-12-3-4-14(13(17)8-12)22-6-1-2-15(19)18-9-11-5-7-23(20,21)10-11/h3-4,8,11H,1-2,5-7,9-10H2,(H,18,19). The molecule has 0 saturated carbocycles. The third kappa shape index (κ3) is 6.20. The van der Waals surface area contributed by atoms with Crippen molar-refractivity contribution in [2.75, 3.05) is 24.7 Å². The molecule has 1 aromatic carbocycles. The number of rotatable bonds is 7. The van der Waals surface area contributed by atoms with Gasteiger partial charge in [0.15, 0.2) is 9.84 Å².